The van der Waals surface area contributed by atoms with Crippen molar-refractivity contribution in [3.63, 3.8) is 0 Å². The summed E-state index contributed by atoms with van der Waals surface area (Å²) < 4.78 is 0. The standard InChI is InChI=1S/C11H16N4S2/c1-2-3-4-6-16-9-8-5-7-17-10(8)14-11(13-9)15-12/h5,7H,2-4,6,12H2,1H3,(H,13,14,15). The van der Waals surface area contributed by atoms with Crippen molar-refractivity contribution in [3.05, 3.63) is 11.4 Å². The number of nitrogens with two attached hydrogens (primary N) is 1. The first kappa shape index (κ1) is 12.6. The number of aromatic nitrogens is 2. The van der Waals surface area contributed by atoms with E-state index in [9.17, 15) is 0 Å². The number of fused-ring (bicyclic) bond motifs is 1. The first-order valence-electron chi connectivity index (χ1n) is 5.69. The lowest BCUT2D eigenvalue weighted by Gasteiger charge is -2.04. The Morgan fingerprint density at radius 1 is 1.41 bits per heavy atom. The van der Waals surface area contributed by atoms with Crippen LogP contribution in [0.5, 0.6) is 0 Å². The van der Waals surface area contributed by atoms with Crippen molar-refractivity contribution in [3.8, 4) is 0 Å². The molecule has 0 aromatic carbocycles. The predicted octanol–water partition coefficient (Wildman–Crippen LogP) is 3.26. The van der Waals surface area contributed by atoms with Gasteiger partial charge in [0.15, 0.2) is 0 Å². The van der Waals surface area contributed by atoms with E-state index in [1.54, 1.807) is 23.1 Å². The number of rotatable bonds is 6. The van der Waals surface area contributed by atoms with E-state index in [1.165, 1.54) is 19.3 Å². The normalized spacial score (nSPS) is 10.9. The van der Waals surface area contributed by atoms with Crippen LogP contribution < -0.4 is 11.3 Å². The molecule has 0 aliphatic carbocycles. The highest BCUT2D eigenvalue weighted by Gasteiger charge is 2.08. The maximum Gasteiger partial charge on any atom is 0.239 e. The molecule has 0 atom stereocenters. The minimum absolute atomic E-state index is 0.498. The fourth-order valence-corrected chi connectivity index (χ4v) is 3.37. The van der Waals surface area contributed by atoms with Crippen LogP contribution in [0.2, 0.25) is 0 Å². The Morgan fingerprint density at radius 2 is 2.29 bits per heavy atom. The van der Waals surface area contributed by atoms with Crippen molar-refractivity contribution < 1.29 is 0 Å². The van der Waals surface area contributed by atoms with Crippen LogP contribution in [0.4, 0.5) is 5.95 Å². The maximum atomic E-state index is 5.38. The molecule has 2 heterocycles. The molecule has 4 nitrogen and oxygen atoms in total. The van der Waals surface area contributed by atoms with Gasteiger partial charge in [-0.2, -0.15) is 0 Å². The third-order valence-electron chi connectivity index (χ3n) is 2.41. The van der Waals surface area contributed by atoms with Crippen LogP contribution in [0.3, 0.4) is 0 Å². The molecule has 0 aliphatic heterocycles. The number of thiophene rings is 1. The average Bonchev–Trinajstić information content (AvgIpc) is 2.82. The Hall–Kier alpha value is -0.850. The summed E-state index contributed by atoms with van der Waals surface area (Å²) in [5.74, 6) is 6.97. The molecule has 0 amide bonds. The summed E-state index contributed by atoms with van der Waals surface area (Å²) in [7, 11) is 0. The van der Waals surface area contributed by atoms with E-state index in [-0.39, 0.29) is 0 Å². The fourth-order valence-electron chi connectivity index (χ4n) is 1.52. The summed E-state index contributed by atoms with van der Waals surface area (Å²) in [5, 5.41) is 4.20. The lowest BCUT2D eigenvalue weighted by molar-refractivity contribution is 0.778. The molecule has 0 fully saturated rings. The zero-order valence-electron chi connectivity index (χ0n) is 9.77. The van der Waals surface area contributed by atoms with Gasteiger partial charge in [0, 0.05) is 5.39 Å². The molecule has 0 radical (unpaired) electrons. The smallest absolute Gasteiger partial charge is 0.239 e. The van der Waals surface area contributed by atoms with Crippen molar-refractivity contribution in [2.75, 3.05) is 11.2 Å². The van der Waals surface area contributed by atoms with Crippen LogP contribution in [0.25, 0.3) is 10.2 Å². The van der Waals surface area contributed by atoms with Crippen LogP contribution in [0, 0.1) is 0 Å². The van der Waals surface area contributed by atoms with E-state index in [4.69, 9.17) is 5.84 Å². The SMILES string of the molecule is CCCCCSc1nc(NN)nc2sccc12. The number of nitrogens with zero attached hydrogens (tertiary/aromatic N) is 2. The Kier molecular flexibility index (Phi) is 4.58. The highest BCUT2D eigenvalue weighted by Crippen LogP contribution is 2.30. The topological polar surface area (TPSA) is 63.8 Å². The van der Waals surface area contributed by atoms with Crippen LogP contribution in [-0.4, -0.2) is 15.7 Å². The molecule has 92 valence electrons. The molecule has 0 saturated carbocycles. The molecule has 0 spiro atoms. The maximum absolute atomic E-state index is 5.38. The lowest BCUT2D eigenvalue weighted by Crippen LogP contribution is -2.10. The molecule has 0 bridgehead atoms. The Labute approximate surface area is 109 Å². The third kappa shape index (κ3) is 3.08. The van der Waals surface area contributed by atoms with Crippen molar-refractivity contribution >= 4 is 39.3 Å². The zero-order chi connectivity index (χ0) is 12.1. The molecule has 0 saturated heterocycles. The van der Waals surface area contributed by atoms with Gasteiger partial charge in [-0.1, -0.05) is 19.8 Å². The van der Waals surface area contributed by atoms with Gasteiger partial charge in [0.05, 0.1) is 0 Å². The Bertz CT molecular complexity index is 483. The van der Waals surface area contributed by atoms with E-state index in [1.807, 2.05) is 5.38 Å². The summed E-state index contributed by atoms with van der Waals surface area (Å²) in [6.45, 7) is 2.21. The first-order valence-corrected chi connectivity index (χ1v) is 7.56. The fraction of sp³-hybridized carbons (Fsp3) is 0.455. The number of nitrogen functional groups attached to an aromatic ring is 1. The van der Waals surface area contributed by atoms with Crippen molar-refractivity contribution in [1.82, 2.24) is 9.97 Å². The largest absolute Gasteiger partial charge is 0.292 e. The van der Waals surface area contributed by atoms with Crippen LogP contribution in [0.15, 0.2) is 16.5 Å². The number of hydrogen-bond acceptors (Lipinski definition) is 6. The molecule has 0 unspecified atom stereocenters. The predicted molar refractivity (Wildman–Crippen MR) is 75.5 cm³/mol. The number of nitrogens with one attached hydrogen (secondary N) is 1. The highest BCUT2D eigenvalue weighted by molar-refractivity contribution is 7.99. The van der Waals surface area contributed by atoms with Crippen molar-refractivity contribution in [2.45, 2.75) is 31.2 Å². The molecule has 17 heavy (non-hydrogen) atoms. The molecule has 6 heteroatoms. The Morgan fingerprint density at radius 3 is 3.06 bits per heavy atom. The number of hydrazine groups is 1. The molecule has 0 aliphatic rings. The van der Waals surface area contributed by atoms with Gasteiger partial charge in [0.1, 0.15) is 9.86 Å². The lowest BCUT2D eigenvalue weighted by atomic mass is 10.3. The second-order valence-corrected chi connectivity index (χ2v) is 5.67. The molecular formula is C11H16N4S2. The number of hydrogen-bond donors (Lipinski definition) is 2. The first-order chi connectivity index (χ1) is 8.35. The molecule has 2 rings (SSSR count). The van der Waals surface area contributed by atoms with Gasteiger partial charge in [-0.3, -0.25) is 5.43 Å². The summed E-state index contributed by atoms with van der Waals surface area (Å²) in [5.41, 5.74) is 2.52. The summed E-state index contributed by atoms with van der Waals surface area (Å²) in [6.07, 6.45) is 3.74. The van der Waals surface area contributed by atoms with Gasteiger partial charge in [-0.25, -0.2) is 15.8 Å². The molecular weight excluding hydrogens is 252 g/mol. The number of unbranched alkanes of at least 4 members (excludes halogenated alkanes) is 2. The molecule has 2 aromatic heterocycles. The summed E-state index contributed by atoms with van der Waals surface area (Å²) in [4.78, 5) is 9.72. The second-order valence-electron chi connectivity index (χ2n) is 3.69. The van der Waals surface area contributed by atoms with Crippen LogP contribution in [0.1, 0.15) is 26.2 Å². The van der Waals surface area contributed by atoms with Crippen molar-refractivity contribution in [2.24, 2.45) is 5.84 Å². The van der Waals surface area contributed by atoms with Crippen LogP contribution in [-0.2, 0) is 0 Å². The monoisotopic (exact) mass is 268 g/mol. The minimum Gasteiger partial charge on any atom is -0.292 e. The minimum atomic E-state index is 0.498. The highest BCUT2D eigenvalue weighted by atomic mass is 32.2. The van der Waals surface area contributed by atoms with E-state index < -0.39 is 0 Å². The van der Waals surface area contributed by atoms with Gasteiger partial charge in [-0.15, -0.1) is 23.1 Å². The van der Waals surface area contributed by atoms with Crippen molar-refractivity contribution in [1.29, 1.82) is 0 Å². The van der Waals surface area contributed by atoms with E-state index >= 15 is 0 Å². The number of anilines is 1. The second kappa shape index (κ2) is 6.18. The Balaban J connectivity index is 2.16. The molecule has 3 N–H and O–H groups in total. The van der Waals surface area contributed by atoms with Gasteiger partial charge >= 0.3 is 0 Å². The van der Waals surface area contributed by atoms with Gasteiger partial charge in [0.2, 0.25) is 5.95 Å². The van der Waals surface area contributed by atoms with E-state index in [2.05, 4.69) is 28.4 Å². The summed E-state index contributed by atoms with van der Waals surface area (Å²) >= 11 is 3.40. The average molecular weight is 268 g/mol. The van der Waals surface area contributed by atoms with Gasteiger partial charge in [0.25, 0.3) is 0 Å². The van der Waals surface area contributed by atoms with E-state index in [0.29, 0.717) is 5.95 Å². The quantitative estimate of drug-likeness (QED) is 0.277. The molecule has 2 aromatic rings. The van der Waals surface area contributed by atoms with Crippen LogP contribution >= 0.6 is 23.1 Å². The van der Waals surface area contributed by atoms with Gasteiger partial charge < -0.3 is 0 Å². The zero-order valence-corrected chi connectivity index (χ0v) is 11.4. The number of thioether (sulfide) groups is 1. The van der Waals surface area contributed by atoms with Gasteiger partial charge in [-0.05, 0) is 23.6 Å². The third-order valence-corrected chi connectivity index (χ3v) is 4.29. The summed E-state index contributed by atoms with van der Waals surface area (Å²) in [6, 6.07) is 2.07. The van der Waals surface area contributed by atoms with E-state index in [0.717, 1.165) is 21.0 Å².